The molecule has 0 bridgehead atoms. The number of nitrogens with zero attached hydrogens (tertiary/aromatic N) is 3. The quantitative estimate of drug-likeness (QED) is 0.278. The van der Waals surface area contributed by atoms with Gasteiger partial charge in [-0.3, -0.25) is 4.79 Å². The van der Waals surface area contributed by atoms with Gasteiger partial charge in [0.15, 0.2) is 11.5 Å². The van der Waals surface area contributed by atoms with Crippen molar-refractivity contribution in [2.45, 2.75) is 6.42 Å². The number of aromatic hydroxyl groups is 1. The molecule has 0 spiro atoms. The van der Waals surface area contributed by atoms with Gasteiger partial charge in [0.1, 0.15) is 0 Å². The summed E-state index contributed by atoms with van der Waals surface area (Å²) in [5.41, 5.74) is 12.6. The van der Waals surface area contributed by atoms with Crippen LogP contribution >= 0.6 is 0 Å². The van der Waals surface area contributed by atoms with E-state index in [2.05, 4.69) is 10.2 Å². The predicted octanol–water partition coefficient (Wildman–Crippen LogP) is 2.11. The number of methoxy groups -OCH3 is 1. The maximum Gasteiger partial charge on any atom is 0.307 e. The third-order valence-corrected chi connectivity index (χ3v) is 3.80. The van der Waals surface area contributed by atoms with Crippen LogP contribution in [-0.4, -0.2) is 40.0 Å². The lowest BCUT2D eigenvalue weighted by atomic mass is 10.1. The predicted molar refractivity (Wildman–Crippen MR) is 115 cm³/mol. The van der Waals surface area contributed by atoms with Crippen LogP contribution in [0.4, 0.5) is 0 Å². The molecular weight excluding hydrogens is 386 g/mol. The van der Waals surface area contributed by atoms with Crippen molar-refractivity contribution in [3.05, 3.63) is 78.1 Å². The number of aromatic nitrogens is 1. The van der Waals surface area contributed by atoms with E-state index >= 15 is 0 Å². The smallest absolute Gasteiger partial charge is 0.307 e. The first-order chi connectivity index (χ1) is 14.4. The lowest BCUT2D eigenvalue weighted by Gasteiger charge is -2.08. The van der Waals surface area contributed by atoms with E-state index in [4.69, 9.17) is 21.3 Å². The molecule has 0 amide bonds. The second kappa shape index (κ2) is 10.9. The van der Waals surface area contributed by atoms with Gasteiger partial charge >= 0.3 is 5.97 Å². The molecule has 2 aromatic carbocycles. The molecule has 0 unspecified atom stereocenters. The average molecular weight is 409 g/mol. The molecule has 6 N–H and O–H groups in total. The third kappa shape index (κ3) is 6.71. The molecule has 0 aliphatic heterocycles. The number of hydrogen-bond donors (Lipinski definition) is 4. The second-order valence-corrected chi connectivity index (χ2v) is 5.99. The molecular formula is C21H23N5O4. The monoisotopic (exact) mass is 409 g/mol. The minimum Gasteiger partial charge on any atom is -0.504 e. The van der Waals surface area contributed by atoms with Gasteiger partial charge in [-0.2, -0.15) is 5.10 Å². The number of ether oxygens (including phenoxy) is 1. The summed E-state index contributed by atoms with van der Waals surface area (Å²) in [5, 5.41) is 25.1. The molecule has 0 radical (unpaired) electrons. The maximum absolute atomic E-state index is 10.7. The molecule has 0 fully saturated rings. The summed E-state index contributed by atoms with van der Waals surface area (Å²) in [7, 11) is 1.46. The SMILES string of the molecule is COc1cc(/C=N\N=C(N)N)ccc1O.O=C(O)Cc1ccccc1-n1cccc1. The molecule has 3 rings (SSSR count). The first-order valence-electron chi connectivity index (χ1n) is 8.82. The number of hydrogen-bond acceptors (Lipinski definition) is 5. The fourth-order valence-electron chi connectivity index (χ4n) is 2.51. The van der Waals surface area contributed by atoms with Crippen LogP contribution in [0.5, 0.6) is 11.5 Å². The fraction of sp³-hybridized carbons (Fsp3) is 0.0952. The van der Waals surface area contributed by atoms with E-state index in [9.17, 15) is 9.90 Å². The zero-order valence-electron chi connectivity index (χ0n) is 16.3. The number of guanidine groups is 1. The number of carbonyl (C=O) groups is 1. The van der Waals surface area contributed by atoms with Crippen molar-refractivity contribution in [2.75, 3.05) is 7.11 Å². The zero-order valence-corrected chi connectivity index (χ0v) is 16.3. The Balaban J connectivity index is 0.000000214. The first-order valence-corrected chi connectivity index (χ1v) is 8.82. The van der Waals surface area contributed by atoms with E-state index in [1.54, 1.807) is 12.1 Å². The number of carboxylic acids is 1. The zero-order chi connectivity index (χ0) is 21.9. The van der Waals surface area contributed by atoms with Crippen molar-refractivity contribution >= 4 is 18.1 Å². The normalized spacial score (nSPS) is 10.2. The first kappa shape index (κ1) is 22.0. The highest BCUT2D eigenvalue weighted by Gasteiger charge is 2.06. The van der Waals surface area contributed by atoms with Crippen molar-refractivity contribution in [2.24, 2.45) is 21.7 Å². The Morgan fingerprint density at radius 3 is 2.47 bits per heavy atom. The molecule has 9 nitrogen and oxygen atoms in total. The van der Waals surface area contributed by atoms with Crippen molar-refractivity contribution < 1.29 is 19.7 Å². The number of benzene rings is 2. The van der Waals surface area contributed by atoms with Gasteiger partial charge in [0.05, 0.1) is 19.7 Å². The number of phenols is 1. The van der Waals surface area contributed by atoms with Crippen molar-refractivity contribution in [3.63, 3.8) is 0 Å². The Morgan fingerprint density at radius 2 is 1.83 bits per heavy atom. The number of rotatable bonds is 6. The minimum atomic E-state index is -0.811. The Labute approximate surface area is 173 Å². The summed E-state index contributed by atoms with van der Waals surface area (Å²) >= 11 is 0. The van der Waals surface area contributed by atoms with Crippen molar-refractivity contribution in [1.29, 1.82) is 0 Å². The van der Waals surface area contributed by atoms with E-state index in [0.29, 0.717) is 5.75 Å². The Morgan fingerprint density at radius 1 is 1.13 bits per heavy atom. The van der Waals surface area contributed by atoms with E-state index < -0.39 is 5.97 Å². The minimum absolute atomic E-state index is 0.0500. The highest BCUT2D eigenvalue weighted by molar-refractivity contribution is 5.82. The molecule has 156 valence electrons. The number of nitrogens with two attached hydrogens (primary N) is 2. The number of phenolic OH excluding ortho intramolecular Hbond substituents is 1. The highest BCUT2D eigenvalue weighted by Crippen LogP contribution is 2.25. The van der Waals surface area contributed by atoms with Gasteiger partial charge in [0.2, 0.25) is 5.96 Å². The van der Waals surface area contributed by atoms with E-state index in [1.807, 2.05) is 53.4 Å². The van der Waals surface area contributed by atoms with Gasteiger partial charge in [-0.05, 0) is 47.5 Å². The Hall–Kier alpha value is -4.27. The Kier molecular flexibility index (Phi) is 8.01. The van der Waals surface area contributed by atoms with E-state index in [-0.39, 0.29) is 18.1 Å². The van der Waals surface area contributed by atoms with Gasteiger partial charge in [-0.25, -0.2) is 0 Å². The summed E-state index contributed by atoms with van der Waals surface area (Å²) in [6.45, 7) is 0. The van der Waals surface area contributed by atoms with Gasteiger partial charge in [-0.1, -0.05) is 18.2 Å². The van der Waals surface area contributed by atoms with Crippen LogP contribution in [0, 0.1) is 0 Å². The summed E-state index contributed by atoms with van der Waals surface area (Å²) in [6.07, 6.45) is 5.30. The van der Waals surface area contributed by atoms with Gasteiger partial charge in [0.25, 0.3) is 0 Å². The lowest BCUT2D eigenvalue weighted by Crippen LogP contribution is -2.21. The molecule has 1 heterocycles. The van der Waals surface area contributed by atoms with Crippen LogP contribution in [0.25, 0.3) is 5.69 Å². The largest absolute Gasteiger partial charge is 0.504 e. The van der Waals surface area contributed by atoms with Crippen molar-refractivity contribution in [1.82, 2.24) is 4.57 Å². The molecule has 3 aromatic rings. The molecule has 0 saturated carbocycles. The Bertz CT molecular complexity index is 1030. The van der Waals surface area contributed by atoms with E-state index in [0.717, 1.165) is 16.8 Å². The number of aliphatic carboxylic acids is 1. The number of carboxylic acid groups (broad SMARTS) is 1. The van der Waals surface area contributed by atoms with Gasteiger partial charge < -0.3 is 31.0 Å². The summed E-state index contributed by atoms with van der Waals surface area (Å²) in [5.74, 6) is -0.494. The summed E-state index contributed by atoms with van der Waals surface area (Å²) in [4.78, 5) is 10.7. The van der Waals surface area contributed by atoms with Gasteiger partial charge in [0, 0.05) is 18.1 Å². The maximum atomic E-state index is 10.7. The highest BCUT2D eigenvalue weighted by atomic mass is 16.5. The summed E-state index contributed by atoms with van der Waals surface area (Å²) in [6, 6.07) is 16.1. The van der Waals surface area contributed by atoms with Crippen LogP contribution in [0.1, 0.15) is 11.1 Å². The van der Waals surface area contributed by atoms with Crippen molar-refractivity contribution in [3.8, 4) is 17.2 Å². The molecule has 30 heavy (non-hydrogen) atoms. The average Bonchev–Trinajstić information content (AvgIpc) is 3.24. The number of para-hydroxylation sites is 1. The standard InChI is InChI=1S/C12H11NO2.C9H12N4O2/c14-12(15)9-10-5-1-2-6-11(10)13-7-3-4-8-13;1-15-8-4-6(2-3-7(8)14)5-12-13-9(10)11/h1-8H,9H2,(H,14,15);2-5,14H,1H3,(H4,10,11,13)/b;12-5-. The molecule has 0 atom stereocenters. The van der Waals surface area contributed by atoms with Crippen LogP contribution in [0.3, 0.4) is 0 Å². The molecule has 1 aromatic heterocycles. The second-order valence-electron chi connectivity index (χ2n) is 5.99. The molecule has 0 saturated heterocycles. The van der Waals surface area contributed by atoms with E-state index in [1.165, 1.54) is 19.4 Å². The van der Waals surface area contributed by atoms with Crippen LogP contribution in [0.15, 0.2) is 77.2 Å². The summed E-state index contributed by atoms with van der Waals surface area (Å²) < 4.78 is 6.83. The van der Waals surface area contributed by atoms with Crippen LogP contribution < -0.4 is 16.2 Å². The molecule has 0 aliphatic rings. The van der Waals surface area contributed by atoms with Gasteiger partial charge in [-0.15, -0.1) is 5.10 Å². The third-order valence-electron chi connectivity index (χ3n) is 3.80. The van der Waals surface area contributed by atoms with Crippen LogP contribution in [0.2, 0.25) is 0 Å². The molecule has 0 aliphatic carbocycles. The lowest BCUT2D eigenvalue weighted by molar-refractivity contribution is -0.136. The topological polar surface area (TPSA) is 148 Å². The van der Waals surface area contributed by atoms with Crippen LogP contribution in [-0.2, 0) is 11.2 Å². The fourth-order valence-corrected chi connectivity index (χ4v) is 2.51. The molecule has 9 heteroatoms.